The maximum Gasteiger partial charge on any atom is 0.264 e. The summed E-state index contributed by atoms with van der Waals surface area (Å²) >= 11 is 2.99. The lowest BCUT2D eigenvalue weighted by molar-refractivity contribution is 0.469. The molecule has 0 saturated heterocycles. The SMILES string of the molecule is C#CCN(CC#N)S(=O)(=O)c1c(Br)nnn1C. The first kappa shape index (κ1) is 13.6. The van der Waals surface area contributed by atoms with Gasteiger partial charge in [0.25, 0.3) is 10.0 Å². The molecule has 0 amide bonds. The van der Waals surface area contributed by atoms with E-state index in [-0.39, 0.29) is 22.7 Å². The zero-order valence-corrected chi connectivity index (χ0v) is 11.2. The zero-order chi connectivity index (χ0) is 13.1. The van der Waals surface area contributed by atoms with Gasteiger partial charge in [-0.2, -0.15) is 9.57 Å². The van der Waals surface area contributed by atoms with Gasteiger partial charge in [0.2, 0.25) is 5.03 Å². The van der Waals surface area contributed by atoms with Gasteiger partial charge in [-0.1, -0.05) is 11.1 Å². The standard InChI is InChI=1S/C8H8BrN5O2S/c1-3-5-14(6-4-10)17(15,16)8-7(9)11-12-13(8)2/h1H,5-6H2,2H3. The van der Waals surface area contributed by atoms with Gasteiger partial charge in [-0.05, 0) is 15.9 Å². The van der Waals surface area contributed by atoms with E-state index in [9.17, 15) is 8.42 Å². The van der Waals surface area contributed by atoms with Crippen molar-refractivity contribution in [3.63, 3.8) is 0 Å². The van der Waals surface area contributed by atoms with E-state index in [2.05, 4.69) is 32.2 Å². The Morgan fingerprint density at radius 3 is 2.65 bits per heavy atom. The molecule has 7 nitrogen and oxygen atoms in total. The predicted molar refractivity (Wildman–Crippen MR) is 61.9 cm³/mol. The first-order valence-corrected chi connectivity index (χ1v) is 6.54. The Kier molecular flexibility index (Phi) is 4.23. The third-order valence-corrected chi connectivity index (χ3v) is 4.52. The molecule has 90 valence electrons. The highest BCUT2D eigenvalue weighted by Crippen LogP contribution is 2.21. The number of aryl methyl sites for hydroxylation is 1. The fraction of sp³-hybridized carbons (Fsp3) is 0.375. The van der Waals surface area contributed by atoms with Crippen molar-refractivity contribution < 1.29 is 8.42 Å². The van der Waals surface area contributed by atoms with E-state index >= 15 is 0 Å². The van der Waals surface area contributed by atoms with Gasteiger partial charge >= 0.3 is 0 Å². The summed E-state index contributed by atoms with van der Waals surface area (Å²) < 4.78 is 26.4. The van der Waals surface area contributed by atoms with Crippen LogP contribution in [0.1, 0.15) is 0 Å². The van der Waals surface area contributed by atoms with Gasteiger partial charge in [-0.15, -0.1) is 11.5 Å². The monoisotopic (exact) mass is 317 g/mol. The maximum atomic E-state index is 12.2. The molecule has 1 aromatic rings. The third-order valence-electron chi connectivity index (χ3n) is 1.84. The Morgan fingerprint density at radius 1 is 1.59 bits per heavy atom. The summed E-state index contributed by atoms with van der Waals surface area (Å²) in [5.41, 5.74) is 0. The Labute approximate surface area is 107 Å². The highest BCUT2D eigenvalue weighted by molar-refractivity contribution is 9.10. The predicted octanol–water partition coefficient (Wildman–Crippen LogP) is -0.275. The van der Waals surface area contributed by atoms with Gasteiger partial charge in [0.05, 0.1) is 12.6 Å². The molecule has 0 atom stereocenters. The summed E-state index contributed by atoms with van der Waals surface area (Å²) in [7, 11) is -2.45. The van der Waals surface area contributed by atoms with E-state index < -0.39 is 10.0 Å². The second kappa shape index (κ2) is 5.27. The number of rotatable bonds is 4. The quantitative estimate of drug-likeness (QED) is 0.563. The fourth-order valence-corrected chi connectivity index (χ4v) is 3.41. The van der Waals surface area contributed by atoms with Gasteiger partial charge in [0.15, 0.2) is 4.60 Å². The van der Waals surface area contributed by atoms with Gasteiger partial charge in [-0.25, -0.2) is 13.1 Å². The molecular formula is C8H8BrN5O2S. The highest BCUT2D eigenvalue weighted by atomic mass is 79.9. The minimum absolute atomic E-state index is 0.0833. The number of hydrogen-bond donors (Lipinski definition) is 0. The van der Waals surface area contributed by atoms with Crippen LogP contribution in [0.25, 0.3) is 0 Å². The normalized spacial score (nSPS) is 11.1. The first-order valence-electron chi connectivity index (χ1n) is 4.31. The molecule has 0 aliphatic heterocycles. The van der Waals surface area contributed by atoms with Crippen molar-refractivity contribution in [1.82, 2.24) is 19.3 Å². The fourth-order valence-electron chi connectivity index (χ4n) is 1.13. The second-order valence-electron chi connectivity index (χ2n) is 2.94. The number of nitriles is 1. The summed E-state index contributed by atoms with van der Waals surface area (Å²) in [5, 5.41) is 15.6. The molecule has 0 aliphatic carbocycles. The summed E-state index contributed by atoms with van der Waals surface area (Å²) in [6.45, 7) is -0.516. The van der Waals surface area contributed by atoms with Crippen molar-refractivity contribution >= 4 is 26.0 Å². The van der Waals surface area contributed by atoms with Crippen molar-refractivity contribution in [3.8, 4) is 18.4 Å². The van der Waals surface area contributed by atoms with Crippen LogP contribution in [0.5, 0.6) is 0 Å². The summed E-state index contributed by atoms with van der Waals surface area (Å²) in [6, 6.07) is 1.75. The van der Waals surface area contributed by atoms with Crippen molar-refractivity contribution in [2.24, 2.45) is 7.05 Å². The molecule has 9 heteroatoms. The summed E-state index contributed by atoms with van der Waals surface area (Å²) in [6.07, 6.45) is 5.07. The van der Waals surface area contributed by atoms with Crippen LogP contribution in [0.3, 0.4) is 0 Å². The lowest BCUT2D eigenvalue weighted by atomic mass is 10.6. The largest absolute Gasteiger partial charge is 0.264 e. The summed E-state index contributed by atoms with van der Waals surface area (Å²) in [5.74, 6) is 2.19. The number of nitrogens with zero attached hydrogens (tertiary/aromatic N) is 5. The molecule has 0 aliphatic rings. The molecule has 0 spiro atoms. The second-order valence-corrected chi connectivity index (χ2v) is 5.55. The highest BCUT2D eigenvalue weighted by Gasteiger charge is 2.30. The molecule has 0 fully saturated rings. The van der Waals surface area contributed by atoms with E-state index in [1.807, 2.05) is 0 Å². The molecule has 1 rings (SSSR count). The Bertz CT molecular complexity index is 559. The minimum Gasteiger partial charge on any atom is -0.235 e. The Morgan fingerprint density at radius 2 is 2.24 bits per heavy atom. The van der Waals surface area contributed by atoms with Crippen molar-refractivity contribution in [2.75, 3.05) is 13.1 Å². The van der Waals surface area contributed by atoms with Gasteiger partial charge in [0, 0.05) is 7.05 Å². The molecule has 1 heterocycles. The number of halogens is 1. The number of sulfonamides is 1. The van der Waals surface area contributed by atoms with Crippen LogP contribution in [-0.4, -0.2) is 40.8 Å². The first-order chi connectivity index (χ1) is 7.95. The maximum absolute atomic E-state index is 12.2. The van der Waals surface area contributed by atoms with Crippen LogP contribution < -0.4 is 0 Å². The van der Waals surface area contributed by atoms with Gasteiger partial charge in [0.1, 0.15) is 6.54 Å². The third kappa shape index (κ3) is 2.64. The molecule has 1 aromatic heterocycles. The Balaban J connectivity index is 3.28. The Hall–Kier alpha value is -1.42. The molecule has 0 aromatic carbocycles. The van der Waals surface area contributed by atoms with Crippen LogP contribution in [0.15, 0.2) is 9.63 Å². The minimum atomic E-state index is -3.88. The van der Waals surface area contributed by atoms with Crippen LogP contribution >= 0.6 is 15.9 Å². The number of terminal acetylenes is 1. The van der Waals surface area contributed by atoms with Gasteiger partial charge in [-0.3, -0.25) is 0 Å². The lowest BCUT2D eigenvalue weighted by Crippen LogP contribution is -2.33. The van der Waals surface area contributed by atoms with E-state index in [1.54, 1.807) is 6.07 Å². The summed E-state index contributed by atoms with van der Waals surface area (Å²) in [4.78, 5) is 0. The molecule has 0 N–H and O–H groups in total. The lowest BCUT2D eigenvalue weighted by Gasteiger charge is -2.15. The molecule has 0 unspecified atom stereocenters. The van der Waals surface area contributed by atoms with Crippen LogP contribution in [0, 0.1) is 23.7 Å². The number of aromatic nitrogens is 3. The zero-order valence-electron chi connectivity index (χ0n) is 8.83. The van der Waals surface area contributed by atoms with E-state index in [0.29, 0.717) is 0 Å². The van der Waals surface area contributed by atoms with E-state index in [0.717, 1.165) is 8.99 Å². The van der Waals surface area contributed by atoms with E-state index in [4.69, 9.17) is 11.7 Å². The van der Waals surface area contributed by atoms with Crippen LogP contribution in [0.2, 0.25) is 0 Å². The topological polar surface area (TPSA) is 91.9 Å². The number of hydrogen-bond acceptors (Lipinski definition) is 5. The molecular weight excluding hydrogens is 310 g/mol. The molecule has 0 saturated carbocycles. The molecule has 0 bridgehead atoms. The average molecular weight is 318 g/mol. The molecule has 17 heavy (non-hydrogen) atoms. The van der Waals surface area contributed by atoms with Crippen LogP contribution in [0.4, 0.5) is 0 Å². The average Bonchev–Trinajstić information content (AvgIpc) is 2.58. The van der Waals surface area contributed by atoms with Crippen molar-refractivity contribution in [2.45, 2.75) is 5.03 Å². The molecule has 0 radical (unpaired) electrons. The van der Waals surface area contributed by atoms with Crippen molar-refractivity contribution in [1.29, 1.82) is 5.26 Å². The smallest absolute Gasteiger partial charge is 0.235 e. The van der Waals surface area contributed by atoms with Crippen molar-refractivity contribution in [3.05, 3.63) is 4.60 Å². The van der Waals surface area contributed by atoms with E-state index in [1.165, 1.54) is 7.05 Å². The van der Waals surface area contributed by atoms with Crippen LogP contribution in [-0.2, 0) is 17.1 Å². The van der Waals surface area contributed by atoms with Gasteiger partial charge < -0.3 is 0 Å².